The van der Waals surface area contributed by atoms with Gasteiger partial charge in [0.05, 0.1) is 11.6 Å². The summed E-state index contributed by atoms with van der Waals surface area (Å²) in [4.78, 5) is 15.8. The van der Waals surface area contributed by atoms with Crippen molar-refractivity contribution in [2.24, 2.45) is 0 Å². The zero-order chi connectivity index (χ0) is 14.5. The summed E-state index contributed by atoms with van der Waals surface area (Å²) in [7, 11) is 0. The van der Waals surface area contributed by atoms with Crippen LogP contribution >= 0.6 is 23.2 Å². The number of aromatic nitrogens is 1. The van der Waals surface area contributed by atoms with Gasteiger partial charge in [0.1, 0.15) is 10.9 Å². The Kier molecular flexibility index (Phi) is 4.82. The first kappa shape index (κ1) is 14.6. The molecule has 20 heavy (non-hydrogen) atoms. The molecule has 2 rings (SSSR count). The zero-order valence-electron chi connectivity index (χ0n) is 10.7. The second-order valence-corrected chi connectivity index (χ2v) is 4.69. The lowest BCUT2D eigenvalue weighted by molar-refractivity contribution is 0.102. The lowest BCUT2D eigenvalue weighted by atomic mass is 10.2. The normalized spacial score (nSPS) is 10.2. The summed E-state index contributed by atoms with van der Waals surface area (Å²) in [5.41, 5.74) is 1.01. The Labute approximate surface area is 126 Å². The molecule has 0 fully saturated rings. The van der Waals surface area contributed by atoms with Crippen LogP contribution in [0.3, 0.4) is 0 Å². The number of nitrogens with one attached hydrogen (secondary N) is 1. The molecule has 104 valence electrons. The topological polar surface area (TPSA) is 51.2 Å². The van der Waals surface area contributed by atoms with E-state index in [4.69, 9.17) is 27.9 Å². The molecule has 0 saturated heterocycles. The third-order valence-electron chi connectivity index (χ3n) is 2.48. The highest BCUT2D eigenvalue weighted by Gasteiger charge is 2.09. The average Bonchev–Trinajstić information content (AvgIpc) is 2.42. The minimum atomic E-state index is -0.283. The van der Waals surface area contributed by atoms with Gasteiger partial charge in [0, 0.05) is 17.4 Å². The van der Waals surface area contributed by atoms with Gasteiger partial charge in [0.2, 0.25) is 0 Å². The van der Waals surface area contributed by atoms with Crippen LogP contribution in [0.5, 0.6) is 5.75 Å². The molecule has 0 spiro atoms. The molecule has 1 amide bonds. The Bertz CT molecular complexity index is 632. The Morgan fingerprint density at radius 1 is 1.30 bits per heavy atom. The molecular formula is C14H12Cl2N2O2. The number of hydrogen-bond donors (Lipinski definition) is 1. The van der Waals surface area contributed by atoms with E-state index in [1.807, 2.05) is 6.92 Å². The van der Waals surface area contributed by atoms with E-state index in [9.17, 15) is 4.79 Å². The Hall–Kier alpha value is -1.78. The highest BCUT2D eigenvalue weighted by Crippen LogP contribution is 2.27. The number of pyridine rings is 1. The van der Waals surface area contributed by atoms with E-state index >= 15 is 0 Å². The predicted octanol–water partition coefficient (Wildman–Crippen LogP) is 4.04. The van der Waals surface area contributed by atoms with Gasteiger partial charge in [-0.05, 0) is 37.3 Å². The van der Waals surface area contributed by atoms with E-state index in [-0.39, 0.29) is 11.1 Å². The fraction of sp³-hybridized carbons (Fsp3) is 0.143. The first-order valence-corrected chi connectivity index (χ1v) is 6.71. The van der Waals surface area contributed by atoms with E-state index in [2.05, 4.69) is 10.3 Å². The van der Waals surface area contributed by atoms with Crippen LogP contribution in [0.4, 0.5) is 5.69 Å². The average molecular weight is 311 g/mol. The third-order valence-corrected chi connectivity index (χ3v) is 2.98. The number of hydrogen-bond acceptors (Lipinski definition) is 3. The molecule has 0 unspecified atom stereocenters. The Morgan fingerprint density at radius 2 is 2.10 bits per heavy atom. The highest BCUT2D eigenvalue weighted by atomic mass is 35.5. The van der Waals surface area contributed by atoms with Crippen molar-refractivity contribution < 1.29 is 9.53 Å². The molecule has 4 nitrogen and oxygen atoms in total. The van der Waals surface area contributed by atoms with Crippen LogP contribution in [-0.4, -0.2) is 17.5 Å². The number of anilines is 1. The molecule has 0 radical (unpaired) electrons. The molecule has 1 N–H and O–H groups in total. The van der Waals surface area contributed by atoms with Gasteiger partial charge in [-0.25, -0.2) is 4.98 Å². The quantitative estimate of drug-likeness (QED) is 0.867. The summed E-state index contributed by atoms with van der Waals surface area (Å²) in [6.45, 7) is 2.40. The number of ether oxygens (including phenoxy) is 1. The molecule has 6 heteroatoms. The molecule has 0 aliphatic heterocycles. The molecule has 0 bridgehead atoms. The molecular weight excluding hydrogens is 299 g/mol. The van der Waals surface area contributed by atoms with E-state index in [1.165, 1.54) is 12.3 Å². The third kappa shape index (κ3) is 3.62. The summed E-state index contributed by atoms with van der Waals surface area (Å²) < 4.78 is 5.33. The number of benzene rings is 1. The van der Waals surface area contributed by atoms with Crippen LogP contribution in [0, 0.1) is 0 Å². The summed E-state index contributed by atoms with van der Waals surface area (Å²) in [6.07, 6.45) is 1.47. The molecule has 0 aliphatic rings. The van der Waals surface area contributed by atoms with Crippen LogP contribution in [0.1, 0.15) is 17.3 Å². The van der Waals surface area contributed by atoms with Crippen LogP contribution in [0.2, 0.25) is 10.2 Å². The summed E-state index contributed by atoms with van der Waals surface area (Å²) in [6, 6.07) is 8.14. The molecule has 1 heterocycles. The molecule has 1 aromatic heterocycles. The van der Waals surface area contributed by atoms with Crippen LogP contribution in [0.15, 0.2) is 36.5 Å². The van der Waals surface area contributed by atoms with Gasteiger partial charge in [-0.3, -0.25) is 4.79 Å². The van der Waals surface area contributed by atoms with Crippen molar-refractivity contribution in [1.82, 2.24) is 4.98 Å². The fourth-order valence-corrected chi connectivity index (χ4v) is 2.01. The lowest BCUT2D eigenvalue weighted by Gasteiger charge is -2.09. The maximum Gasteiger partial charge on any atom is 0.255 e. The molecule has 0 saturated carbocycles. The number of halogens is 2. The van der Waals surface area contributed by atoms with Gasteiger partial charge in [0.15, 0.2) is 0 Å². The van der Waals surface area contributed by atoms with Gasteiger partial charge >= 0.3 is 0 Å². The van der Waals surface area contributed by atoms with Crippen molar-refractivity contribution >= 4 is 34.8 Å². The number of nitrogens with zero attached hydrogens (tertiary/aromatic N) is 1. The van der Waals surface area contributed by atoms with E-state index in [0.717, 1.165) is 0 Å². The Morgan fingerprint density at radius 3 is 2.75 bits per heavy atom. The standard InChI is InChI=1S/C14H12Cl2N2O2/c1-2-20-12-4-3-10(8-11(12)15)18-14(19)9-5-6-17-13(16)7-9/h3-8H,2H2,1H3,(H,18,19). The number of carbonyl (C=O) groups is 1. The van der Waals surface area contributed by atoms with E-state index in [1.54, 1.807) is 24.3 Å². The van der Waals surface area contributed by atoms with Crippen molar-refractivity contribution in [3.8, 4) is 5.75 Å². The van der Waals surface area contributed by atoms with Gasteiger partial charge in [-0.15, -0.1) is 0 Å². The van der Waals surface area contributed by atoms with Gasteiger partial charge in [0.25, 0.3) is 5.91 Å². The Balaban J connectivity index is 2.14. The second kappa shape index (κ2) is 6.59. The molecule has 0 atom stereocenters. The largest absolute Gasteiger partial charge is 0.492 e. The summed E-state index contributed by atoms with van der Waals surface area (Å²) in [5, 5.41) is 3.44. The minimum absolute atomic E-state index is 0.266. The van der Waals surface area contributed by atoms with Crippen LogP contribution < -0.4 is 10.1 Å². The van der Waals surface area contributed by atoms with Gasteiger partial charge < -0.3 is 10.1 Å². The van der Waals surface area contributed by atoms with Crippen molar-refractivity contribution in [3.05, 3.63) is 52.3 Å². The van der Waals surface area contributed by atoms with Crippen LogP contribution in [0.25, 0.3) is 0 Å². The highest BCUT2D eigenvalue weighted by molar-refractivity contribution is 6.32. The summed E-state index contributed by atoms with van der Waals surface area (Å²) >= 11 is 11.8. The number of amides is 1. The van der Waals surface area contributed by atoms with Crippen LogP contribution in [-0.2, 0) is 0 Å². The number of rotatable bonds is 4. The second-order valence-electron chi connectivity index (χ2n) is 3.90. The number of carbonyl (C=O) groups excluding carboxylic acids is 1. The maximum atomic E-state index is 12.0. The van der Waals surface area contributed by atoms with Crippen molar-refractivity contribution in [2.45, 2.75) is 6.92 Å². The minimum Gasteiger partial charge on any atom is -0.492 e. The first-order chi connectivity index (χ1) is 9.60. The lowest BCUT2D eigenvalue weighted by Crippen LogP contribution is -2.12. The maximum absolute atomic E-state index is 12.0. The zero-order valence-corrected chi connectivity index (χ0v) is 12.2. The molecule has 0 aliphatic carbocycles. The molecule has 2 aromatic rings. The SMILES string of the molecule is CCOc1ccc(NC(=O)c2ccnc(Cl)c2)cc1Cl. The smallest absolute Gasteiger partial charge is 0.255 e. The van der Waals surface area contributed by atoms with Crippen molar-refractivity contribution in [2.75, 3.05) is 11.9 Å². The molecule has 1 aromatic carbocycles. The predicted molar refractivity (Wildman–Crippen MR) is 79.8 cm³/mol. The van der Waals surface area contributed by atoms with Crippen molar-refractivity contribution in [1.29, 1.82) is 0 Å². The van der Waals surface area contributed by atoms with Crippen molar-refractivity contribution in [3.63, 3.8) is 0 Å². The first-order valence-electron chi connectivity index (χ1n) is 5.95. The monoisotopic (exact) mass is 310 g/mol. The van der Waals surface area contributed by atoms with Gasteiger partial charge in [-0.1, -0.05) is 23.2 Å². The summed E-state index contributed by atoms with van der Waals surface area (Å²) in [5.74, 6) is 0.300. The van der Waals surface area contributed by atoms with E-state index < -0.39 is 0 Å². The fourth-order valence-electron chi connectivity index (χ4n) is 1.60. The van der Waals surface area contributed by atoms with E-state index in [0.29, 0.717) is 28.6 Å². The van der Waals surface area contributed by atoms with Gasteiger partial charge in [-0.2, -0.15) is 0 Å².